The molecule has 0 fully saturated rings. The second-order valence-corrected chi connectivity index (χ2v) is 4.15. The van der Waals surface area contributed by atoms with Crippen molar-refractivity contribution in [3.05, 3.63) is 23.0 Å². The molecule has 1 aromatic rings. The number of anilines is 2. The van der Waals surface area contributed by atoms with Crippen LogP contribution in [0.2, 0.25) is 5.02 Å². The van der Waals surface area contributed by atoms with Gasteiger partial charge in [0.2, 0.25) is 0 Å². The molecule has 0 aliphatic rings. The SMILES string of the molecule is COCCOCCCNc1cc(Cl)c(F)cc1N. The van der Waals surface area contributed by atoms with E-state index < -0.39 is 5.82 Å². The molecule has 0 aliphatic carbocycles. The Hall–Kier alpha value is -1.04. The molecule has 0 spiro atoms. The number of hydrogen-bond acceptors (Lipinski definition) is 4. The Morgan fingerprint density at radius 1 is 1.33 bits per heavy atom. The Morgan fingerprint density at radius 3 is 2.83 bits per heavy atom. The Kier molecular flexibility index (Phi) is 6.78. The molecular weight excluding hydrogens is 259 g/mol. The van der Waals surface area contributed by atoms with Crippen LogP contribution >= 0.6 is 11.6 Å². The largest absolute Gasteiger partial charge is 0.397 e. The van der Waals surface area contributed by atoms with Crippen LogP contribution in [0.5, 0.6) is 0 Å². The van der Waals surface area contributed by atoms with E-state index in [0.717, 1.165) is 6.42 Å². The highest BCUT2D eigenvalue weighted by Gasteiger charge is 2.05. The molecule has 3 N–H and O–H groups in total. The second kappa shape index (κ2) is 8.13. The zero-order valence-corrected chi connectivity index (χ0v) is 11.1. The van der Waals surface area contributed by atoms with Crippen molar-refractivity contribution in [3.63, 3.8) is 0 Å². The fraction of sp³-hybridized carbons (Fsp3) is 0.500. The molecule has 0 amide bonds. The molecule has 0 unspecified atom stereocenters. The first-order valence-electron chi connectivity index (χ1n) is 5.70. The third-order valence-electron chi connectivity index (χ3n) is 2.31. The predicted octanol–water partition coefficient (Wildman–Crippen LogP) is 2.53. The molecule has 4 nitrogen and oxygen atoms in total. The van der Waals surface area contributed by atoms with Crippen molar-refractivity contribution in [2.75, 3.05) is 44.5 Å². The van der Waals surface area contributed by atoms with E-state index in [4.69, 9.17) is 26.8 Å². The van der Waals surface area contributed by atoms with Crippen molar-refractivity contribution in [1.29, 1.82) is 0 Å². The molecule has 0 atom stereocenters. The van der Waals surface area contributed by atoms with E-state index in [9.17, 15) is 4.39 Å². The zero-order valence-electron chi connectivity index (χ0n) is 10.3. The Balaban J connectivity index is 2.25. The summed E-state index contributed by atoms with van der Waals surface area (Å²) in [7, 11) is 1.63. The first kappa shape index (κ1) is 15.0. The lowest BCUT2D eigenvalue weighted by Gasteiger charge is -2.10. The lowest BCUT2D eigenvalue weighted by Crippen LogP contribution is -2.09. The highest BCUT2D eigenvalue weighted by atomic mass is 35.5. The molecule has 0 heterocycles. The van der Waals surface area contributed by atoms with Gasteiger partial charge < -0.3 is 20.5 Å². The summed E-state index contributed by atoms with van der Waals surface area (Å²) in [4.78, 5) is 0. The van der Waals surface area contributed by atoms with Crippen LogP contribution in [0.25, 0.3) is 0 Å². The van der Waals surface area contributed by atoms with E-state index in [1.54, 1.807) is 7.11 Å². The standard InChI is InChI=1S/C12H18ClFN2O2/c1-17-5-6-18-4-2-3-16-12-7-9(13)10(14)8-11(12)15/h7-8,16H,2-6,15H2,1H3. The van der Waals surface area contributed by atoms with Gasteiger partial charge in [0.1, 0.15) is 5.82 Å². The van der Waals surface area contributed by atoms with Crippen LogP contribution in [-0.2, 0) is 9.47 Å². The van der Waals surface area contributed by atoms with Gasteiger partial charge in [0.25, 0.3) is 0 Å². The van der Waals surface area contributed by atoms with Crippen molar-refractivity contribution < 1.29 is 13.9 Å². The Morgan fingerprint density at radius 2 is 2.11 bits per heavy atom. The van der Waals surface area contributed by atoms with E-state index in [1.165, 1.54) is 12.1 Å². The number of ether oxygens (including phenoxy) is 2. The molecule has 0 radical (unpaired) electrons. The van der Waals surface area contributed by atoms with Crippen molar-refractivity contribution >= 4 is 23.0 Å². The summed E-state index contributed by atoms with van der Waals surface area (Å²) in [6.45, 7) is 2.49. The number of halogens is 2. The van der Waals surface area contributed by atoms with Crippen LogP contribution in [0, 0.1) is 5.82 Å². The van der Waals surface area contributed by atoms with Crippen molar-refractivity contribution in [3.8, 4) is 0 Å². The van der Waals surface area contributed by atoms with Gasteiger partial charge in [0, 0.05) is 26.3 Å². The van der Waals surface area contributed by atoms with Gasteiger partial charge in [-0.25, -0.2) is 4.39 Å². The first-order chi connectivity index (χ1) is 8.65. The van der Waals surface area contributed by atoms with Crippen molar-refractivity contribution in [2.45, 2.75) is 6.42 Å². The number of nitrogen functional groups attached to an aromatic ring is 1. The second-order valence-electron chi connectivity index (χ2n) is 3.74. The maximum Gasteiger partial charge on any atom is 0.143 e. The minimum absolute atomic E-state index is 0.0584. The molecule has 18 heavy (non-hydrogen) atoms. The van der Waals surface area contributed by atoms with Crippen molar-refractivity contribution in [1.82, 2.24) is 0 Å². The fourth-order valence-corrected chi connectivity index (χ4v) is 1.52. The smallest absolute Gasteiger partial charge is 0.143 e. The minimum atomic E-state index is -0.511. The number of benzene rings is 1. The van der Waals surface area contributed by atoms with Gasteiger partial charge in [-0.05, 0) is 12.5 Å². The van der Waals surface area contributed by atoms with Crippen molar-refractivity contribution in [2.24, 2.45) is 0 Å². The first-order valence-corrected chi connectivity index (χ1v) is 6.08. The molecule has 0 aromatic heterocycles. The van der Waals surface area contributed by atoms with Crippen LogP contribution < -0.4 is 11.1 Å². The maximum atomic E-state index is 13.0. The summed E-state index contributed by atoms with van der Waals surface area (Å²) in [5, 5.41) is 3.14. The molecule has 1 rings (SSSR count). The van der Waals surface area contributed by atoms with Gasteiger partial charge in [-0.2, -0.15) is 0 Å². The van der Waals surface area contributed by atoms with Crippen LogP contribution in [0.15, 0.2) is 12.1 Å². The third kappa shape index (κ3) is 5.08. The minimum Gasteiger partial charge on any atom is -0.397 e. The average Bonchev–Trinajstić information content (AvgIpc) is 2.34. The number of rotatable bonds is 8. The molecular formula is C12H18ClFN2O2. The molecule has 0 bridgehead atoms. The molecule has 6 heteroatoms. The van der Waals surface area contributed by atoms with Crippen LogP contribution in [0.3, 0.4) is 0 Å². The molecule has 0 saturated carbocycles. The molecule has 1 aromatic carbocycles. The third-order valence-corrected chi connectivity index (χ3v) is 2.59. The normalized spacial score (nSPS) is 10.6. The highest BCUT2D eigenvalue weighted by Crippen LogP contribution is 2.26. The zero-order chi connectivity index (χ0) is 13.4. The van der Waals surface area contributed by atoms with E-state index in [-0.39, 0.29) is 5.02 Å². The summed E-state index contributed by atoms with van der Waals surface area (Å²) in [5.41, 5.74) is 6.64. The highest BCUT2D eigenvalue weighted by molar-refractivity contribution is 6.31. The average molecular weight is 277 g/mol. The maximum absolute atomic E-state index is 13.0. The summed E-state index contributed by atoms with van der Waals surface area (Å²) >= 11 is 5.67. The van der Waals surface area contributed by atoms with Crippen LogP contribution in [-0.4, -0.2) is 33.5 Å². The Bertz CT molecular complexity index is 377. The van der Waals surface area contributed by atoms with Gasteiger partial charge in [0.05, 0.1) is 29.6 Å². The van der Waals surface area contributed by atoms with Gasteiger partial charge >= 0.3 is 0 Å². The van der Waals surface area contributed by atoms with Gasteiger partial charge in [-0.3, -0.25) is 0 Å². The number of methoxy groups -OCH3 is 1. The van der Waals surface area contributed by atoms with E-state index in [0.29, 0.717) is 37.7 Å². The Labute approximate surface area is 111 Å². The lowest BCUT2D eigenvalue weighted by molar-refractivity contribution is 0.0705. The number of nitrogens with two attached hydrogens (primary N) is 1. The van der Waals surface area contributed by atoms with Gasteiger partial charge in [0.15, 0.2) is 0 Å². The lowest BCUT2D eigenvalue weighted by atomic mass is 10.2. The van der Waals surface area contributed by atoms with Gasteiger partial charge in [-0.1, -0.05) is 11.6 Å². The summed E-state index contributed by atoms with van der Waals surface area (Å²) in [5.74, 6) is -0.511. The van der Waals surface area contributed by atoms with Crippen LogP contribution in [0.4, 0.5) is 15.8 Å². The number of nitrogens with one attached hydrogen (secondary N) is 1. The summed E-state index contributed by atoms with van der Waals surface area (Å²) < 4.78 is 23.2. The topological polar surface area (TPSA) is 56.5 Å². The van der Waals surface area contributed by atoms with Crippen LogP contribution in [0.1, 0.15) is 6.42 Å². The van der Waals surface area contributed by atoms with Gasteiger partial charge in [-0.15, -0.1) is 0 Å². The van der Waals surface area contributed by atoms with E-state index in [1.807, 2.05) is 0 Å². The van der Waals surface area contributed by atoms with E-state index in [2.05, 4.69) is 5.32 Å². The quantitative estimate of drug-likeness (QED) is 0.566. The predicted molar refractivity (Wildman–Crippen MR) is 71.6 cm³/mol. The monoisotopic (exact) mass is 276 g/mol. The summed E-state index contributed by atoms with van der Waals surface area (Å²) in [6, 6.07) is 2.69. The molecule has 102 valence electrons. The summed E-state index contributed by atoms with van der Waals surface area (Å²) in [6.07, 6.45) is 0.818. The van der Waals surface area contributed by atoms with E-state index >= 15 is 0 Å². The molecule has 0 saturated heterocycles. The fourth-order valence-electron chi connectivity index (χ4n) is 1.36. The molecule has 0 aliphatic heterocycles. The number of hydrogen-bond donors (Lipinski definition) is 2.